The number of pyridine rings is 1. The summed E-state index contributed by atoms with van der Waals surface area (Å²) in [5.74, 6) is 0.893. The van der Waals surface area contributed by atoms with E-state index in [0.29, 0.717) is 25.3 Å². The lowest BCUT2D eigenvalue weighted by molar-refractivity contribution is 0.0767. The zero-order valence-electron chi connectivity index (χ0n) is 12.7. The Balaban J connectivity index is 2.07. The van der Waals surface area contributed by atoms with Crippen molar-refractivity contribution in [2.24, 2.45) is 7.05 Å². The predicted molar refractivity (Wildman–Crippen MR) is 82.0 cm³/mol. The van der Waals surface area contributed by atoms with Crippen LogP contribution in [0.2, 0.25) is 0 Å². The fourth-order valence-electron chi connectivity index (χ4n) is 2.08. The van der Waals surface area contributed by atoms with Crippen LogP contribution in [0.1, 0.15) is 30.2 Å². The van der Waals surface area contributed by atoms with E-state index in [9.17, 15) is 4.79 Å². The lowest BCUT2D eigenvalue weighted by Gasteiger charge is -2.18. The van der Waals surface area contributed by atoms with Crippen LogP contribution in [0.25, 0.3) is 0 Å². The van der Waals surface area contributed by atoms with Crippen molar-refractivity contribution in [3.63, 3.8) is 0 Å². The first kappa shape index (κ1) is 15.0. The Hall–Kier alpha value is -2.37. The fourth-order valence-corrected chi connectivity index (χ4v) is 2.08. The highest BCUT2D eigenvalue weighted by Gasteiger charge is 2.14. The molecule has 0 radical (unpaired) electrons. The number of hydrogen-bond acceptors (Lipinski definition) is 4. The number of rotatable bonds is 6. The van der Waals surface area contributed by atoms with E-state index in [2.05, 4.69) is 15.3 Å². The molecule has 2 rings (SSSR count). The van der Waals surface area contributed by atoms with Crippen molar-refractivity contribution in [3.05, 3.63) is 42.2 Å². The highest BCUT2D eigenvalue weighted by Crippen LogP contribution is 2.11. The number of hydrogen-bond donors (Lipinski definition) is 1. The van der Waals surface area contributed by atoms with E-state index in [1.165, 1.54) is 0 Å². The summed E-state index contributed by atoms with van der Waals surface area (Å²) in [6.07, 6.45) is 5.31. The Kier molecular flexibility index (Phi) is 4.92. The molecule has 0 atom stereocenters. The Morgan fingerprint density at radius 2 is 2.05 bits per heavy atom. The second kappa shape index (κ2) is 6.88. The Morgan fingerprint density at radius 3 is 2.67 bits per heavy atom. The van der Waals surface area contributed by atoms with Crippen molar-refractivity contribution in [2.75, 3.05) is 18.4 Å². The molecule has 0 aliphatic heterocycles. The van der Waals surface area contributed by atoms with Crippen LogP contribution in [-0.4, -0.2) is 38.4 Å². The molecule has 0 aliphatic rings. The maximum absolute atomic E-state index is 12.3. The van der Waals surface area contributed by atoms with Gasteiger partial charge >= 0.3 is 0 Å². The van der Waals surface area contributed by atoms with Gasteiger partial charge in [0.2, 0.25) is 0 Å². The van der Waals surface area contributed by atoms with Crippen molar-refractivity contribution >= 4 is 11.6 Å². The SMILES string of the molecule is CCN(CC)C(=O)c1cc(NCc2nccn2C)ccn1. The molecular weight excluding hydrogens is 266 g/mol. The average molecular weight is 287 g/mol. The van der Waals surface area contributed by atoms with Gasteiger partial charge in [-0.2, -0.15) is 0 Å². The summed E-state index contributed by atoms with van der Waals surface area (Å²) in [6.45, 7) is 5.89. The molecule has 1 amide bonds. The summed E-state index contributed by atoms with van der Waals surface area (Å²) in [7, 11) is 1.95. The van der Waals surface area contributed by atoms with Gasteiger partial charge in [0, 0.05) is 44.4 Å². The summed E-state index contributed by atoms with van der Waals surface area (Å²) >= 11 is 0. The Labute approximate surface area is 124 Å². The molecule has 0 unspecified atom stereocenters. The van der Waals surface area contributed by atoms with Gasteiger partial charge in [-0.25, -0.2) is 4.98 Å². The highest BCUT2D eigenvalue weighted by atomic mass is 16.2. The first-order valence-corrected chi connectivity index (χ1v) is 7.11. The van der Waals surface area contributed by atoms with Crippen LogP contribution in [0.15, 0.2) is 30.7 Å². The van der Waals surface area contributed by atoms with Crippen LogP contribution in [0.4, 0.5) is 5.69 Å². The number of nitrogens with zero attached hydrogens (tertiary/aromatic N) is 4. The van der Waals surface area contributed by atoms with Crippen LogP contribution in [0.3, 0.4) is 0 Å². The first-order valence-electron chi connectivity index (χ1n) is 7.11. The van der Waals surface area contributed by atoms with E-state index >= 15 is 0 Å². The van der Waals surface area contributed by atoms with E-state index in [1.807, 2.05) is 37.7 Å². The number of aryl methyl sites for hydroxylation is 1. The van der Waals surface area contributed by atoms with Gasteiger partial charge in [-0.1, -0.05) is 0 Å². The third kappa shape index (κ3) is 3.59. The molecule has 1 N–H and O–H groups in total. The highest BCUT2D eigenvalue weighted by molar-refractivity contribution is 5.93. The topological polar surface area (TPSA) is 63.1 Å². The quantitative estimate of drug-likeness (QED) is 0.881. The summed E-state index contributed by atoms with van der Waals surface area (Å²) in [6, 6.07) is 3.63. The molecule has 6 heteroatoms. The van der Waals surface area contributed by atoms with Crippen LogP contribution in [0, 0.1) is 0 Å². The van der Waals surface area contributed by atoms with Crippen molar-refractivity contribution in [2.45, 2.75) is 20.4 Å². The van der Waals surface area contributed by atoms with E-state index in [4.69, 9.17) is 0 Å². The van der Waals surface area contributed by atoms with Crippen molar-refractivity contribution in [3.8, 4) is 0 Å². The van der Waals surface area contributed by atoms with Crippen LogP contribution in [-0.2, 0) is 13.6 Å². The van der Waals surface area contributed by atoms with Gasteiger partial charge in [0.05, 0.1) is 6.54 Å². The molecule has 112 valence electrons. The molecule has 6 nitrogen and oxygen atoms in total. The number of carbonyl (C=O) groups excluding carboxylic acids is 1. The van der Waals surface area contributed by atoms with E-state index in [0.717, 1.165) is 11.5 Å². The molecule has 0 aliphatic carbocycles. The molecule has 2 aromatic rings. The molecule has 0 aromatic carbocycles. The summed E-state index contributed by atoms with van der Waals surface area (Å²) in [5.41, 5.74) is 1.33. The number of imidazole rings is 1. The largest absolute Gasteiger partial charge is 0.378 e. The number of carbonyl (C=O) groups is 1. The molecule has 0 saturated carbocycles. The Morgan fingerprint density at radius 1 is 1.29 bits per heavy atom. The number of anilines is 1. The van der Waals surface area contributed by atoms with Gasteiger partial charge in [0.25, 0.3) is 5.91 Å². The third-order valence-corrected chi connectivity index (χ3v) is 3.40. The first-order chi connectivity index (χ1) is 10.2. The second-order valence-corrected chi connectivity index (χ2v) is 4.72. The zero-order valence-corrected chi connectivity index (χ0v) is 12.7. The monoisotopic (exact) mass is 287 g/mol. The summed E-state index contributed by atoms with van der Waals surface area (Å²) in [4.78, 5) is 22.4. The molecule has 0 bridgehead atoms. The number of nitrogens with one attached hydrogen (secondary N) is 1. The van der Waals surface area contributed by atoms with Gasteiger partial charge in [-0.3, -0.25) is 9.78 Å². The maximum Gasteiger partial charge on any atom is 0.272 e. The normalized spacial score (nSPS) is 10.4. The molecule has 2 aromatic heterocycles. The molecule has 0 saturated heterocycles. The number of aromatic nitrogens is 3. The van der Waals surface area contributed by atoms with Crippen molar-refractivity contribution in [1.29, 1.82) is 0 Å². The minimum absolute atomic E-state index is 0.0411. The molecule has 2 heterocycles. The minimum atomic E-state index is -0.0411. The summed E-state index contributed by atoms with van der Waals surface area (Å²) < 4.78 is 1.95. The smallest absolute Gasteiger partial charge is 0.272 e. The minimum Gasteiger partial charge on any atom is -0.378 e. The van der Waals surface area contributed by atoms with Gasteiger partial charge in [-0.15, -0.1) is 0 Å². The average Bonchev–Trinajstić information content (AvgIpc) is 2.92. The van der Waals surface area contributed by atoms with Gasteiger partial charge in [0.1, 0.15) is 11.5 Å². The van der Waals surface area contributed by atoms with Gasteiger partial charge < -0.3 is 14.8 Å². The maximum atomic E-state index is 12.3. The summed E-state index contributed by atoms with van der Waals surface area (Å²) in [5, 5.41) is 3.26. The predicted octanol–water partition coefficient (Wildman–Crippen LogP) is 1.91. The van der Waals surface area contributed by atoms with E-state index < -0.39 is 0 Å². The lowest BCUT2D eigenvalue weighted by Crippen LogP contribution is -2.31. The molecular formula is C15H21N5O. The van der Waals surface area contributed by atoms with Crippen LogP contribution in [0.5, 0.6) is 0 Å². The second-order valence-electron chi connectivity index (χ2n) is 4.72. The lowest BCUT2D eigenvalue weighted by atomic mass is 10.2. The molecule has 0 spiro atoms. The van der Waals surface area contributed by atoms with Crippen molar-refractivity contribution < 1.29 is 4.79 Å². The van der Waals surface area contributed by atoms with E-state index in [1.54, 1.807) is 23.4 Å². The van der Waals surface area contributed by atoms with Gasteiger partial charge in [-0.05, 0) is 26.0 Å². The fraction of sp³-hybridized carbons (Fsp3) is 0.400. The van der Waals surface area contributed by atoms with Crippen LogP contribution < -0.4 is 5.32 Å². The van der Waals surface area contributed by atoms with Gasteiger partial charge in [0.15, 0.2) is 0 Å². The molecule has 0 fully saturated rings. The Bertz CT molecular complexity index is 604. The van der Waals surface area contributed by atoms with Crippen LogP contribution >= 0.6 is 0 Å². The third-order valence-electron chi connectivity index (χ3n) is 3.40. The zero-order chi connectivity index (χ0) is 15.2. The molecule has 21 heavy (non-hydrogen) atoms. The van der Waals surface area contributed by atoms with E-state index in [-0.39, 0.29) is 5.91 Å². The number of amides is 1. The van der Waals surface area contributed by atoms with Crippen molar-refractivity contribution in [1.82, 2.24) is 19.4 Å². The standard InChI is InChI=1S/C15H21N5O/c1-4-20(5-2)15(21)13-10-12(6-7-16-13)18-11-14-17-8-9-19(14)3/h6-10H,4-5,11H2,1-3H3,(H,16,18).